The molecule has 2 saturated carbocycles. The van der Waals surface area contributed by atoms with E-state index in [0.29, 0.717) is 0 Å². The lowest BCUT2D eigenvalue weighted by molar-refractivity contribution is 0.172. The summed E-state index contributed by atoms with van der Waals surface area (Å²) in [6.07, 6.45) is 16.6. The van der Waals surface area contributed by atoms with Crippen LogP contribution in [-0.4, -0.2) is 0 Å². The summed E-state index contributed by atoms with van der Waals surface area (Å²) in [5, 5.41) is 0. The lowest BCUT2D eigenvalue weighted by Crippen LogP contribution is -2.22. The quantitative estimate of drug-likeness (QED) is 0.511. The molecule has 0 spiro atoms. The van der Waals surface area contributed by atoms with Gasteiger partial charge < -0.3 is 0 Å². The molecule has 19 heavy (non-hydrogen) atoms. The highest BCUT2D eigenvalue weighted by atomic mass is 14.3. The van der Waals surface area contributed by atoms with Crippen molar-refractivity contribution in [1.29, 1.82) is 0 Å². The van der Waals surface area contributed by atoms with Crippen molar-refractivity contribution in [2.75, 3.05) is 0 Å². The Bertz CT molecular complexity index is 244. The first-order valence-corrected chi connectivity index (χ1v) is 9.15. The van der Waals surface area contributed by atoms with Crippen LogP contribution in [0.2, 0.25) is 0 Å². The van der Waals surface area contributed by atoms with Crippen molar-refractivity contribution in [3.8, 4) is 0 Å². The molecule has 0 N–H and O–H groups in total. The maximum Gasteiger partial charge on any atom is -0.0383 e. The Kier molecular flexibility index (Phi) is 6.23. The van der Waals surface area contributed by atoms with Gasteiger partial charge in [0.1, 0.15) is 0 Å². The molecule has 112 valence electrons. The highest BCUT2D eigenvalue weighted by Crippen LogP contribution is 2.39. The minimum Gasteiger partial charge on any atom is -0.0625 e. The average molecular weight is 264 g/mol. The molecule has 5 atom stereocenters. The second kappa shape index (κ2) is 7.70. The van der Waals surface area contributed by atoms with Crippen molar-refractivity contribution in [3.63, 3.8) is 0 Å². The van der Waals surface area contributed by atoms with Crippen molar-refractivity contribution in [3.05, 3.63) is 0 Å². The van der Waals surface area contributed by atoms with Crippen LogP contribution in [0, 0.1) is 29.6 Å². The largest absolute Gasteiger partial charge is 0.0625 e. The predicted octanol–water partition coefficient (Wildman–Crippen LogP) is 6.45. The van der Waals surface area contributed by atoms with Crippen LogP contribution < -0.4 is 0 Å². The Morgan fingerprint density at radius 2 is 1.00 bits per heavy atom. The van der Waals surface area contributed by atoms with Crippen LogP contribution in [0.3, 0.4) is 0 Å². The fourth-order valence-electron chi connectivity index (χ4n) is 4.55. The third kappa shape index (κ3) is 5.12. The molecule has 2 rings (SSSR count). The minimum atomic E-state index is 0.982. The van der Waals surface area contributed by atoms with Crippen LogP contribution in [0.5, 0.6) is 0 Å². The molecule has 0 amide bonds. The van der Waals surface area contributed by atoms with Gasteiger partial charge in [-0.1, -0.05) is 72.1 Å². The first-order valence-electron chi connectivity index (χ1n) is 9.15. The van der Waals surface area contributed by atoms with Gasteiger partial charge >= 0.3 is 0 Å². The summed E-state index contributed by atoms with van der Waals surface area (Å²) in [6.45, 7) is 7.47. The number of rotatable bonds is 1. The summed E-state index contributed by atoms with van der Waals surface area (Å²) in [4.78, 5) is 0. The Hall–Kier alpha value is 0. The summed E-state index contributed by atoms with van der Waals surface area (Å²) in [5.74, 6) is 5.08. The summed E-state index contributed by atoms with van der Waals surface area (Å²) < 4.78 is 0. The summed E-state index contributed by atoms with van der Waals surface area (Å²) in [7, 11) is 0. The number of hydrogen-bond donors (Lipinski definition) is 0. The number of hydrogen-bond acceptors (Lipinski definition) is 0. The Balaban J connectivity index is 1.92. The van der Waals surface area contributed by atoms with E-state index >= 15 is 0 Å². The molecule has 0 aromatic rings. The van der Waals surface area contributed by atoms with Crippen LogP contribution in [-0.2, 0) is 0 Å². The van der Waals surface area contributed by atoms with Crippen LogP contribution in [0.15, 0.2) is 0 Å². The molecule has 0 bridgehead atoms. The van der Waals surface area contributed by atoms with Gasteiger partial charge in [0.15, 0.2) is 0 Å². The minimum absolute atomic E-state index is 0.982. The molecule has 2 fully saturated rings. The molecule has 2 aliphatic carbocycles. The van der Waals surface area contributed by atoms with E-state index in [2.05, 4.69) is 20.8 Å². The molecule has 0 radical (unpaired) electrons. The van der Waals surface area contributed by atoms with E-state index in [1.807, 2.05) is 0 Å². The van der Waals surface area contributed by atoms with Crippen molar-refractivity contribution in [2.24, 2.45) is 29.6 Å². The highest BCUT2D eigenvalue weighted by Gasteiger charge is 2.27. The van der Waals surface area contributed by atoms with Crippen molar-refractivity contribution < 1.29 is 0 Å². The van der Waals surface area contributed by atoms with E-state index in [0.717, 1.165) is 29.6 Å². The normalized spacial score (nSPS) is 42.8. The van der Waals surface area contributed by atoms with E-state index in [9.17, 15) is 0 Å². The zero-order chi connectivity index (χ0) is 13.7. The first-order chi connectivity index (χ1) is 9.15. The SMILES string of the molecule is CC1CCCCC(C2CCC(C)CCC(C)C2)CC1. The zero-order valence-corrected chi connectivity index (χ0v) is 13.7. The van der Waals surface area contributed by atoms with Gasteiger partial charge in [-0.3, -0.25) is 0 Å². The van der Waals surface area contributed by atoms with Crippen LogP contribution >= 0.6 is 0 Å². The van der Waals surface area contributed by atoms with E-state index in [1.165, 1.54) is 64.2 Å². The Labute approximate surface area is 121 Å². The summed E-state index contributed by atoms with van der Waals surface area (Å²) >= 11 is 0. The van der Waals surface area contributed by atoms with Gasteiger partial charge in [0.05, 0.1) is 0 Å². The molecular weight excluding hydrogens is 228 g/mol. The summed E-state index contributed by atoms with van der Waals surface area (Å²) in [5.41, 5.74) is 0. The van der Waals surface area contributed by atoms with Crippen molar-refractivity contribution in [2.45, 2.75) is 91.4 Å². The van der Waals surface area contributed by atoms with Crippen LogP contribution in [0.1, 0.15) is 91.4 Å². The molecule has 0 saturated heterocycles. The van der Waals surface area contributed by atoms with Gasteiger partial charge in [0.25, 0.3) is 0 Å². The Morgan fingerprint density at radius 3 is 1.79 bits per heavy atom. The first kappa shape index (κ1) is 15.4. The molecule has 0 aromatic carbocycles. The topological polar surface area (TPSA) is 0 Å². The second-order valence-electron chi connectivity index (χ2n) is 8.09. The maximum absolute atomic E-state index is 2.51. The summed E-state index contributed by atoms with van der Waals surface area (Å²) in [6, 6.07) is 0. The van der Waals surface area contributed by atoms with Crippen LogP contribution in [0.25, 0.3) is 0 Å². The lowest BCUT2D eigenvalue weighted by Gasteiger charge is -2.34. The molecular formula is C19H36. The Morgan fingerprint density at radius 1 is 0.474 bits per heavy atom. The van der Waals surface area contributed by atoms with E-state index in [4.69, 9.17) is 0 Å². The van der Waals surface area contributed by atoms with E-state index < -0.39 is 0 Å². The molecule has 0 heterocycles. The molecule has 0 aliphatic heterocycles. The molecule has 5 unspecified atom stereocenters. The zero-order valence-electron chi connectivity index (χ0n) is 13.7. The van der Waals surface area contributed by atoms with Crippen molar-refractivity contribution >= 4 is 0 Å². The van der Waals surface area contributed by atoms with Crippen molar-refractivity contribution in [1.82, 2.24) is 0 Å². The van der Waals surface area contributed by atoms with E-state index in [1.54, 1.807) is 6.42 Å². The smallest absolute Gasteiger partial charge is 0.0383 e. The lowest BCUT2D eigenvalue weighted by atomic mass is 9.71. The van der Waals surface area contributed by atoms with Crippen LogP contribution in [0.4, 0.5) is 0 Å². The van der Waals surface area contributed by atoms with E-state index in [-0.39, 0.29) is 0 Å². The average Bonchev–Trinajstić information content (AvgIpc) is 2.35. The maximum atomic E-state index is 2.51. The molecule has 2 aliphatic rings. The molecule has 0 heteroatoms. The monoisotopic (exact) mass is 264 g/mol. The van der Waals surface area contributed by atoms with Gasteiger partial charge in [-0.05, 0) is 48.9 Å². The fraction of sp³-hybridized carbons (Fsp3) is 1.00. The highest BCUT2D eigenvalue weighted by molar-refractivity contribution is 4.78. The standard InChI is InChI=1S/C19H36/c1-15-6-4-5-7-18(12-10-15)19-13-11-16(2)8-9-17(3)14-19/h15-19H,4-14H2,1-3H3. The van der Waals surface area contributed by atoms with Gasteiger partial charge in [-0.2, -0.15) is 0 Å². The van der Waals surface area contributed by atoms with Gasteiger partial charge in [-0.15, -0.1) is 0 Å². The van der Waals surface area contributed by atoms with Gasteiger partial charge in [0, 0.05) is 0 Å². The molecule has 0 nitrogen and oxygen atoms in total. The van der Waals surface area contributed by atoms with Gasteiger partial charge in [0.2, 0.25) is 0 Å². The molecule has 0 aromatic heterocycles. The fourth-order valence-corrected chi connectivity index (χ4v) is 4.55. The third-order valence-electron chi connectivity index (χ3n) is 6.11. The second-order valence-corrected chi connectivity index (χ2v) is 8.09. The predicted molar refractivity (Wildman–Crippen MR) is 85.3 cm³/mol. The van der Waals surface area contributed by atoms with Gasteiger partial charge in [-0.25, -0.2) is 0 Å². The third-order valence-corrected chi connectivity index (χ3v) is 6.11.